The second-order valence-electron chi connectivity index (χ2n) is 3.22. The SMILES string of the molecule is O=c1[nH]cc(-c2ccncc2)c(O)c1[N+](=O)[O-]. The summed E-state index contributed by atoms with van der Waals surface area (Å²) in [5.41, 5.74) is -1.10. The van der Waals surface area contributed by atoms with Crippen molar-refractivity contribution in [2.75, 3.05) is 0 Å². The molecule has 2 aromatic rings. The Balaban J connectivity index is 2.70. The van der Waals surface area contributed by atoms with Crippen LogP contribution in [0, 0.1) is 10.1 Å². The van der Waals surface area contributed by atoms with Crippen molar-refractivity contribution < 1.29 is 10.0 Å². The van der Waals surface area contributed by atoms with Gasteiger partial charge in [0.05, 0.1) is 4.92 Å². The number of hydrogen-bond acceptors (Lipinski definition) is 5. The van der Waals surface area contributed by atoms with Gasteiger partial charge < -0.3 is 10.1 Å². The van der Waals surface area contributed by atoms with E-state index in [4.69, 9.17) is 0 Å². The molecular weight excluding hydrogens is 226 g/mol. The fourth-order valence-electron chi connectivity index (χ4n) is 1.43. The van der Waals surface area contributed by atoms with Gasteiger partial charge >= 0.3 is 11.2 Å². The topological polar surface area (TPSA) is 109 Å². The van der Waals surface area contributed by atoms with Gasteiger partial charge in [-0.25, -0.2) is 0 Å². The van der Waals surface area contributed by atoms with E-state index >= 15 is 0 Å². The molecule has 0 amide bonds. The average molecular weight is 233 g/mol. The number of H-pyrrole nitrogens is 1. The summed E-state index contributed by atoms with van der Waals surface area (Å²) in [5.74, 6) is -0.648. The lowest BCUT2D eigenvalue weighted by molar-refractivity contribution is -0.387. The van der Waals surface area contributed by atoms with Crippen molar-refractivity contribution in [1.82, 2.24) is 9.97 Å². The summed E-state index contributed by atoms with van der Waals surface area (Å²) < 4.78 is 0. The summed E-state index contributed by atoms with van der Waals surface area (Å²) in [6, 6.07) is 3.13. The van der Waals surface area contributed by atoms with E-state index < -0.39 is 21.9 Å². The molecule has 7 heteroatoms. The zero-order valence-corrected chi connectivity index (χ0v) is 8.45. The van der Waals surface area contributed by atoms with Gasteiger partial charge in [0.25, 0.3) is 0 Å². The molecule has 7 nitrogen and oxygen atoms in total. The number of aromatic hydroxyl groups is 1. The van der Waals surface area contributed by atoms with Crippen molar-refractivity contribution in [3.63, 3.8) is 0 Å². The molecule has 0 spiro atoms. The Morgan fingerprint density at radius 1 is 1.35 bits per heavy atom. The highest BCUT2D eigenvalue weighted by atomic mass is 16.6. The van der Waals surface area contributed by atoms with E-state index in [1.165, 1.54) is 18.6 Å². The third-order valence-corrected chi connectivity index (χ3v) is 2.22. The molecule has 0 saturated carbocycles. The Hall–Kier alpha value is -2.70. The molecule has 2 rings (SSSR count). The van der Waals surface area contributed by atoms with Crippen LogP contribution in [0.15, 0.2) is 35.5 Å². The zero-order chi connectivity index (χ0) is 12.4. The van der Waals surface area contributed by atoms with Crippen LogP contribution in [0.4, 0.5) is 5.69 Å². The van der Waals surface area contributed by atoms with E-state index in [1.54, 1.807) is 12.1 Å². The first-order valence-electron chi connectivity index (χ1n) is 4.60. The van der Waals surface area contributed by atoms with E-state index in [0.29, 0.717) is 5.56 Å². The maximum Gasteiger partial charge on any atom is 0.375 e. The molecule has 0 aromatic carbocycles. The molecule has 2 aromatic heterocycles. The van der Waals surface area contributed by atoms with E-state index in [0.717, 1.165) is 0 Å². The monoisotopic (exact) mass is 233 g/mol. The largest absolute Gasteiger partial charge is 0.501 e. The predicted molar refractivity (Wildman–Crippen MR) is 58.6 cm³/mol. The number of nitrogens with one attached hydrogen (secondary N) is 1. The van der Waals surface area contributed by atoms with Gasteiger partial charge in [-0.15, -0.1) is 0 Å². The molecule has 0 aliphatic rings. The normalized spacial score (nSPS) is 10.1. The van der Waals surface area contributed by atoms with Crippen LogP contribution in [0.2, 0.25) is 0 Å². The van der Waals surface area contributed by atoms with Crippen LogP contribution < -0.4 is 5.56 Å². The smallest absolute Gasteiger partial charge is 0.375 e. The van der Waals surface area contributed by atoms with Crippen molar-refractivity contribution in [2.24, 2.45) is 0 Å². The summed E-state index contributed by atoms with van der Waals surface area (Å²) in [7, 11) is 0. The summed E-state index contributed by atoms with van der Waals surface area (Å²) in [5, 5.41) is 20.4. The zero-order valence-electron chi connectivity index (χ0n) is 8.45. The van der Waals surface area contributed by atoms with E-state index in [9.17, 15) is 20.0 Å². The minimum atomic E-state index is -0.940. The molecule has 86 valence electrons. The van der Waals surface area contributed by atoms with Gasteiger partial charge in [0.1, 0.15) is 0 Å². The maximum absolute atomic E-state index is 11.2. The molecule has 0 atom stereocenters. The van der Waals surface area contributed by atoms with Crippen molar-refractivity contribution in [3.05, 3.63) is 51.2 Å². The van der Waals surface area contributed by atoms with Crippen LogP contribution in [0.1, 0.15) is 0 Å². The molecular formula is C10H7N3O4. The minimum Gasteiger partial charge on any atom is -0.501 e. The number of aromatic amines is 1. The van der Waals surface area contributed by atoms with Crippen molar-refractivity contribution in [1.29, 1.82) is 0 Å². The lowest BCUT2D eigenvalue weighted by atomic mass is 10.1. The van der Waals surface area contributed by atoms with Crippen LogP contribution in [0.25, 0.3) is 11.1 Å². The van der Waals surface area contributed by atoms with Crippen LogP contribution in [-0.4, -0.2) is 20.0 Å². The van der Waals surface area contributed by atoms with Gasteiger partial charge in [0.15, 0.2) is 0 Å². The third kappa shape index (κ3) is 1.85. The molecule has 2 heterocycles. The number of pyridine rings is 2. The summed E-state index contributed by atoms with van der Waals surface area (Å²) in [6.45, 7) is 0. The van der Waals surface area contributed by atoms with Crippen molar-refractivity contribution in [2.45, 2.75) is 0 Å². The van der Waals surface area contributed by atoms with Crippen molar-refractivity contribution in [3.8, 4) is 16.9 Å². The molecule has 0 aliphatic heterocycles. The van der Waals surface area contributed by atoms with Crippen LogP contribution in [-0.2, 0) is 0 Å². The number of rotatable bonds is 2. The quantitative estimate of drug-likeness (QED) is 0.595. The lowest BCUT2D eigenvalue weighted by Crippen LogP contribution is -2.11. The first kappa shape index (κ1) is 10.8. The Morgan fingerprint density at radius 2 is 2.00 bits per heavy atom. The fourth-order valence-corrected chi connectivity index (χ4v) is 1.43. The first-order valence-corrected chi connectivity index (χ1v) is 4.60. The van der Waals surface area contributed by atoms with Gasteiger partial charge in [-0.3, -0.25) is 19.9 Å². The molecule has 0 unspecified atom stereocenters. The van der Waals surface area contributed by atoms with E-state index in [2.05, 4.69) is 9.97 Å². The minimum absolute atomic E-state index is 0.179. The number of aromatic nitrogens is 2. The Morgan fingerprint density at radius 3 is 2.59 bits per heavy atom. The predicted octanol–water partition coefficient (Wildman–Crippen LogP) is 1.05. The Labute approximate surface area is 94.5 Å². The van der Waals surface area contributed by atoms with Crippen LogP contribution in [0.3, 0.4) is 0 Å². The summed E-state index contributed by atoms with van der Waals surface area (Å²) >= 11 is 0. The first-order chi connectivity index (χ1) is 8.11. The Bertz CT molecular complexity index is 621. The molecule has 17 heavy (non-hydrogen) atoms. The standard InChI is InChI=1S/C10H7N3O4/c14-9-7(6-1-3-11-4-2-6)5-12-10(15)8(9)13(16)17/h1-5H,(H2,12,14,15). The van der Waals surface area contributed by atoms with Gasteiger partial charge in [0, 0.05) is 24.2 Å². The second kappa shape index (κ2) is 4.05. The fraction of sp³-hybridized carbons (Fsp3) is 0. The van der Waals surface area contributed by atoms with Crippen LogP contribution >= 0.6 is 0 Å². The summed E-state index contributed by atoms with van der Waals surface area (Å²) in [6.07, 6.45) is 4.18. The Kier molecular flexibility index (Phi) is 2.57. The molecule has 0 saturated heterocycles. The number of nitro groups is 1. The number of nitrogens with zero attached hydrogens (tertiary/aromatic N) is 2. The molecule has 2 N–H and O–H groups in total. The van der Waals surface area contributed by atoms with Crippen molar-refractivity contribution >= 4 is 5.69 Å². The van der Waals surface area contributed by atoms with E-state index in [-0.39, 0.29) is 5.56 Å². The number of hydrogen-bond donors (Lipinski definition) is 2. The van der Waals surface area contributed by atoms with E-state index in [1.807, 2.05) is 0 Å². The van der Waals surface area contributed by atoms with Gasteiger partial charge in [-0.2, -0.15) is 0 Å². The highest BCUT2D eigenvalue weighted by molar-refractivity contribution is 5.73. The lowest BCUT2D eigenvalue weighted by Gasteiger charge is -2.03. The second-order valence-corrected chi connectivity index (χ2v) is 3.22. The van der Waals surface area contributed by atoms with Gasteiger partial charge in [0.2, 0.25) is 5.75 Å². The highest BCUT2D eigenvalue weighted by Gasteiger charge is 2.22. The molecule has 0 radical (unpaired) electrons. The highest BCUT2D eigenvalue weighted by Crippen LogP contribution is 2.32. The average Bonchev–Trinajstić information content (AvgIpc) is 2.30. The summed E-state index contributed by atoms with van der Waals surface area (Å²) in [4.78, 5) is 26.9. The van der Waals surface area contributed by atoms with Gasteiger partial charge in [-0.05, 0) is 17.7 Å². The third-order valence-electron chi connectivity index (χ3n) is 2.22. The molecule has 0 bridgehead atoms. The van der Waals surface area contributed by atoms with Gasteiger partial charge in [-0.1, -0.05) is 0 Å². The van der Waals surface area contributed by atoms with Crippen LogP contribution in [0.5, 0.6) is 5.75 Å². The maximum atomic E-state index is 11.2. The molecule has 0 fully saturated rings. The molecule has 0 aliphatic carbocycles.